The van der Waals surface area contributed by atoms with Crippen LogP contribution in [0.1, 0.15) is 32.4 Å². The molecule has 1 aliphatic rings. The normalized spacial score (nSPS) is 17.9. The quantitative estimate of drug-likeness (QED) is 0.919. The number of rotatable bonds is 4. The number of carbonyl (C=O) groups excluding carboxylic acids is 3. The Morgan fingerprint density at radius 2 is 1.91 bits per heavy atom. The molecule has 0 unspecified atom stereocenters. The van der Waals surface area contributed by atoms with E-state index in [4.69, 9.17) is 9.47 Å². The summed E-state index contributed by atoms with van der Waals surface area (Å²) in [4.78, 5) is 36.6. The number of amides is 3. The minimum atomic E-state index is -0.926. The highest BCUT2D eigenvalue weighted by atomic mass is 16.6. The molecule has 7 heteroatoms. The van der Waals surface area contributed by atoms with Crippen molar-refractivity contribution in [2.75, 3.05) is 13.1 Å². The Morgan fingerprint density at radius 3 is 2.52 bits per heavy atom. The Labute approximate surface area is 134 Å². The van der Waals surface area contributed by atoms with Gasteiger partial charge in [0.2, 0.25) is 6.10 Å². The van der Waals surface area contributed by atoms with E-state index in [1.165, 1.54) is 0 Å². The molecule has 1 N–H and O–H groups in total. The molecular weight excluding hydrogens is 300 g/mol. The summed E-state index contributed by atoms with van der Waals surface area (Å²) < 4.78 is 10.2. The third-order valence-corrected chi connectivity index (χ3v) is 3.04. The smallest absolute Gasteiger partial charge is 0.417 e. The average molecular weight is 320 g/mol. The molecule has 0 aromatic heterocycles. The number of benzene rings is 1. The van der Waals surface area contributed by atoms with Crippen LogP contribution in [0.3, 0.4) is 0 Å². The van der Waals surface area contributed by atoms with E-state index in [0.29, 0.717) is 5.56 Å². The summed E-state index contributed by atoms with van der Waals surface area (Å²) in [5.41, 5.74) is 0.0127. The summed E-state index contributed by atoms with van der Waals surface area (Å²) in [7, 11) is 0. The summed E-state index contributed by atoms with van der Waals surface area (Å²) in [6.07, 6.45) is -2.24. The largest absolute Gasteiger partial charge is 0.444 e. The van der Waals surface area contributed by atoms with Gasteiger partial charge >= 0.3 is 12.2 Å². The van der Waals surface area contributed by atoms with Gasteiger partial charge in [-0.25, -0.2) is 14.5 Å². The lowest BCUT2D eigenvalue weighted by Gasteiger charge is -2.20. The first-order chi connectivity index (χ1) is 10.8. The first-order valence-corrected chi connectivity index (χ1v) is 7.32. The second-order valence-electron chi connectivity index (χ2n) is 6.09. The number of hydrogen-bond acceptors (Lipinski definition) is 5. The SMILES string of the molecule is CC(C)(C)OC(=O)NCCN1C(=O)O[C@@H](c2ccccc2)C1=O. The molecule has 1 saturated heterocycles. The highest BCUT2D eigenvalue weighted by molar-refractivity contribution is 6.00. The van der Waals surface area contributed by atoms with Gasteiger partial charge in [0.25, 0.3) is 5.91 Å². The predicted molar refractivity (Wildman–Crippen MR) is 81.6 cm³/mol. The standard InChI is InChI=1S/C16H20N2O5/c1-16(2,3)23-14(20)17-9-10-18-13(19)12(22-15(18)21)11-7-5-4-6-8-11/h4-8,12H,9-10H2,1-3H3,(H,17,20)/t12-/m0/s1. The topological polar surface area (TPSA) is 84.9 Å². The van der Waals surface area contributed by atoms with Gasteiger partial charge in [0, 0.05) is 18.7 Å². The van der Waals surface area contributed by atoms with Crippen LogP contribution in [0, 0.1) is 0 Å². The summed E-state index contributed by atoms with van der Waals surface area (Å²) in [5, 5.41) is 2.50. The van der Waals surface area contributed by atoms with Crippen molar-refractivity contribution >= 4 is 18.1 Å². The summed E-state index contributed by atoms with van der Waals surface area (Å²) in [5.74, 6) is -0.438. The fourth-order valence-electron chi connectivity index (χ4n) is 2.07. The minimum Gasteiger partial charge on any atom is -0.444 e. The molecule has 1 aromatic rings. The zero-order valence-electron chi connectivity index (χ0n) is 13.4. The van der Waals surface area contributed by atoms with Crippen LogP contribution >= 0.6 is 0 Å². The van der Waals surface area contributed by atoms with Crippen LogP contribution in [0.25, 0.3) is 0 Å². The first-order valence-electron chi connectivity index (χ1n) is 7.32. The van der Waals surface area contributed by atoms with Gasteiger partial charge in [-0.2, -0.15) is 0 Å². The zero-order chi connectivity index (χ0) is 17.0. The number of ether oxygens (including phenoxy) is 2. The lowest BCUT2D eigenvalue weighted by atomic mass is 10.1. The lowest BCUT2D eigenvalue weighted by Crippen LogP contribution is -2.40. The van der Waals surface area contributed by atoms with Gasteiger partial charge in [-0.3, -0.25) is 4.79 Å². The molecule has 23 heavy (non-hydrogen) atoms. The van der Waals surface area contributed by atoms with Crippen molar-refractivity contribution in [3.63, 3.8) is 0 Å². The number of imide groups is 1. The van der Waals surface area contributed by atoms with E-state index in [1.807, 2.05) is 6.07 Å². The molecular formula is C16H20N2O5. The molecule has 0 saturated carbocycles. The fourth-order valence-corrected chi connectivity index (χ4v) is 2.07. The summed E-state index contributed by atoms with van der Waals surface area (Å²) >= 11 is 0. The highest BCUT2D eigenvalue weighted by Gasteiger charge is 2.41. The first kappa shape index (κ1) is 16.8. The van der Waals surface area contributed by atoms with E-state index < -0.39 is 29.8 Å². The van der Waals surface area contributed by atoms with Gasteiger partial charge < -0.3 is 14.8 Å². The van der Waals surface area contributed by atoms with Gasteiger partial charge in [0.15, 0.2) is 0 Å². The molecule has 0 bridgehead atoms. The van der Waals surface area contributed by atoms with Crippen molar-refractivity contribution in [3.8, 4) is 0 Å². The van der Waals surface area contributed by atoms with Gasteiger partial charge in [-0.05, 0) is 20.8 Å². The van der Waals surface area contributed by atoms with Crippen molar-refractivity contribution in [2.45, 2.75) is 32.5 Å². The number of nitrogens with one attached hydrogen (secondary N) is 1. The van der Waals surface area contributed by atoms with Crippen molar-refractivity contribution < 1.29 is 23.9 Å². The Kier molecular flexibility index (Phi) is 4.88. The second-order valence-corrected chi connectivity index (χ2v) is 6.09. The van der Waals surface area contributed by atoms with Crippen LogP contribution in [0.15, 0.2) is 30.3 Å². The van der Waals surface area contributed by atoms with E-state index in [0.717, 1.165) is 4.90 Å². The Hall–Kier alpha value is -2.57. The number of carbonyl (C=O) groups is 3. The van der Waals surface area contributed by atoms with E-state index in [-0.39, 0.29) is 13.1 Å². The molecule has 1 aliphatic heterocycles. The Balaban J connectivity index is 1.88. The van der Waals surface area contributed by atoms with Gasteiger partial charge in [-0.15, -0.1) is 0 Å². The van der Waals surface area contributed by atoms with Crippen molar-refractivity contribution in [2.24, 2.45) is 0 Å². The van der Waals surface area contributed by atoms with Crippen LogP contribution in [-0.2, 0) is 14.3 Å². The van der Waals surface area contributed by atoms with Gasteiger partial charge in [0.1, 0.15) is 5.60 Å². The maximum atomic E-state index is 12.3. The molecule has 124 valence electrons. The number of hydrogen-bond donors (Lipinski definition) is 1. The molecule has 1 fully saturated rings. The van der Waals surface area contributed by atoms with Crippen molar-refractivity contribution in [3.05, 3.63) is 35.9 Å². The number of alkyl carbamates (subject to hydrolysis) is 1. The molecule has 3 amide bonds. The Bertz CT molecular complexity index is 594. The minimum absolute atomic E-state index is 0.0280. The van der Waals surface area contributed by atoms with Gasteiger partial charge in [0.05, 0.1) is 0 Å². The van der Waals surface area contributed by atoms with E-state index in [2.05, 4.69) is 5.32 Å². The van der Waals surface area contributed by atoms with Crippen LogP contribution in [0.5, 0.6) is 0 Å². The number of cyclic esters (lactones) is 1. The van der Waals surface area contributed by atoms with Crippen molar-refractivity contribution in [1.82, 2.24) is 10.2 Å². The monoisotopic (exact) mass is 320 g/mol. The second kappa shape index (κ2) is 6.68. The third kappa shape index (κ3) is 4.45. The maximum absolute atomic E-state index is 12.3. The van der Waals surface area contributed by atoms with Crippen molar-refractivity contribution in [1.29, 1.82) is 0 Å². The summed E-state index contributed by atoms with van der Waals surface area (Å²) in [6, 6.07) is 8.79. The molecule has 1 aromatic carbocycles. The maximum Gasteiger partial charge on any atom is 0.417 e. The third-order valence-electron chi connectivity index (χ3n) is 3.04. The lowest BCUT2D eigenvalue weighted by molar-refractivity contribution is -0.129. The average Bonchev–Trinajstić information content (AvgIpc) is 2.74. The molecule has 0 spiro atoms. The van der Waals surface area contributed by atoms with Crippen LogP contribution in [0.2, 0.25) is 0 Å². The molecule has 2 rings (SSSR count). The predicted octanol–water partition coefficient (Wildman–Crippen LogP) is 2.23. The zero-order valence-corrected chi connectivity index (χ0v) is 13.4. The van der Waals surface area contributed by atoms with E-state index in [1.54, 1.807) is 45.0 Å². The van der Waals surface area contributed by atoms with E-state index in [9.17, 15) is 14.4 Å². The summed E-state index contributed by atoms with van der Waals surface area (Å²) in [6.45, 7) is 5.37. The molecule has 1 heterocycles. The molecule has 0 aliphatic carbocycles. The van der Waals surface area contributed by atoms with Crippen LogP contribution < -0.4 is 5.32 Å². The highest BCUT2D eigenvalue weighted by Crippen LogP contribution is 2.26. The number of nitrogens with zero attached hydrogens (tertiary/aromatic N) is 1. The molecule has 0 radical (unpaired) electrons. The Morgan fingerprint density at radius 1 is 1.26 bits per heavy atom. The van der Waals surface area contributed by atoms with Crippen LogP contribution in [-0.4, -0.2) is 41.7 Å². The molecule has 1 atom stereocenters. The molecule has 7 nitrogen and oxygen atoms in total. The van der Waals surface area contributed by atoms with Crippen LogP contribution in [0.4, 0.5) is 9.59 Å². The fraction of sp³-hybridized carbons (Fsp3) is 0.438. The van der Waals surface area contributed by atoms with E-state index >= 15 is 0 Å². The van der Waals surface area contributed by atoms with Gasteiger partial charge in [-0.1, -0.05) is 30.3 Å².